The molecule has 1 aromatic carbocycles. The molecule has 22 heavy (non-hydrogen) atoms. The lowest BCUT2D eigenvalue weighted by molar-refractivity contribution is -0.137. The fourth-order valence-electron chi connectivity index (χ4n) is 1.47. The lowest BCUT2D eigenvalue weighted by Crippen LogP contribution is -2.24. The molecule has 1 aromatic heterocycles. The van der Waals surface area contributed by atoms with Crippen LogP contribution < -0.4 is 10.7 Å². The summed E-state index contributed by atoms with van der Waals surface area (Å²) in [7, 11) is 0. The van der Waals surface area contributed by atoms with Gasteiger partial charge in [-0.3, -0.25) is 5.43 Å². The average molecular weight is 364 g/mol. The molecule has 0 spiro atoms. The summed E-state index contributed by atoms with van der Waals surface area (Å²) in [5.41, 5.74) is 1.75. The fraction of sp³-hybridized carbons (Fsp3) is 0.0769. The van der Waals surface area contributed by atoms with E-state index in [-0.39, 0.29) is 15.8 Å². The summed E-state index contributed by atoms with van der Waals surface area (Å²) < 4.78 is 38.0. The zero-order valence-electron chi connectivity index (χ0n) is 10.8. The fourth-order valence-corrected chi connectivity index (χ4v) is 2.38. The molecule has 0 amide bonds. The number of nitrogens with one attached hydrogen (secondary N) is 2. The van der Waals surface area contributed by atoms with E-state index in [4.69, 9.17) is 23.8 Å². The maximum atomic E-state index is 12.7. The number of thiocarbonyl (C=S) groups is 1. The Morgan fingerprint density at radius 2 is 2.09 bits per heavy atom. The van der Waals surface area contributed by atoms with E-state index < -0.39 is 11.7 Å². The largest absolute Gasteiger partial charge is 0.416 e. The Kier molecular flexibility index (Phi) is 5.38. The van der Waals surface area contributed by atoms with Crippen molar-refractivity contribution in [1.29, 1.82) is 0 Å². The van der Waals surface area contributed by atoms with E-state index in [1.165, 1.54) is 11.3 Å². The van der Waals surface area contributed by atoms with Crippen molar-refractivity contribution in [3.05, 3.63) is 51.2 Å². The standard InChI is InChI=1S/C13H9ClF3N3S2/c14-10-4-3-8(13(15,16)17)6-11(10)19-12(21)20-18-7-9-2-1-5-22-9/h1-7H,(H2,19,20,21)/b18-7-. The van der Waals surface area contributed by atoms with Crippen LogP contribution in [-0.4, -0.2) is 11.3 Å². The minimum atomic E-state index is -4.45. The lowest BCUT2D eigenvalue weighted by Gasteiger charge is -2.12. The predicted octanol–water partition coefficient (Wildman–Crippen LogP) is 4.74. The molecule has 0 saturated heterocycles. The topological polar surface area (TPSA) is 36.4 Å². The normalized spacial score (nSPS) is 11.6. The van der Waals surface area contributed by atoms with E-state index in [0.717, 1.165) is 23.1 Å². The lowest BCUT2D eigenvalue weighted by atomic mass is 10.2. The molecule has 0 saturated carbocycles. The van der Waals surface area contributed by atoms with Gasteiger partial charge in [-0.05, 0) is 41.9 Å². The Morgan fingerprint density at radius 3 is 2.73 bits per heavy atom. The van der Waals surface area contributed by atoms with E-state index in [1.807, 2.05) is 17.5 Å². The Hall–Kier alpha value is -1.64. The van der Waals surface area contributed by atoms with Crippen molar-refractivity contribution in [3.8, 4) is 0 Å². The molecular weight excluding hydrogens is 355 g/mol. The number of anilines is 1. The van der Waals surface area contributed by atoms with Gasteiger partial charge in [0.2, 0.25) is 0 Å². The van der Waals surface area contributed by atoms with Crippen LogP contribution in [0.2, 0.25) is 5.02 Å². The smallest absolute Gasteiger partial charge is 0.330 e. The van der Waals surface area contributed by atoms with Crippen LogP contribution in [0.1, 0.15) is 10.4 Å². The van der Waals surface area contributed by atoms with Gasteiger partial charge in [0.15, 0.2) is 5.11 Å². The molecule has 2 N–H and O–H groups in total. The minimum absolute atomic E-state index is 0.0361. The van der Waals surface area contributed by atoms with Crippen LogP contribution in [0.25, 0.3) is 0 Å². The second kappa shape index (κ2) is 7.08. The van der Waals surface area contributed by atoms with Crippen molar-refractivity contribution in [2.24, 2.45) is 5.10 Å². The van der Waals surface area contributed by atoms with E-state index in [0.29, 0.717) is 0 Å². The van der Waals surface area contributed by atoms with E-state index in [1.54, 1.807) is 6.21 Å². The first kappa shape index (κ1) is 16.7. The zero-order valence-corrected chi connectivity index (χ0v) is 13.2. The molecule has 0 aliphatic rings. The van der Waals surface area contributed by atoms with Crippen LogP contribution in [0.3, 0.4) is 0 Å². The molecule has 116 valence electrons. The van der Waals surface area contributed by atoms with Crippen molar-refractivity contribution in [2.75, 3.05) is 5.32 Å². The van der Waals surface area contributed by atoms with Gasteiger partial charge in [0.25, 0.3) is 0 Å². The van der Waals surface area contributed by atoms with Crippen molar-refractivity contribution in [3.63, 3.8) is 0 Å². The molecule has 2 rings (SSSR count). The molecular formula is C13H9ClF3N3S2. The Balaban J connectivity index is 2.02. The van der Waals surface area contributed by atoms with E-state index in [2.05, 4.69) is 15.8 Å². The van der Waals surface area contributed by atoms with Crippen molar-refractivity contribution < 1.29 is 13.2 Å². The Morgan fingerprint density at radius 1 is 1.32 bits per heavy atom. The number of hydrogen-bond acceptors (Lipinski definition) is 3. The molecule has 0 unspecified atom stereocenters. The van der Waals surface area contributed by atoms with Crippen LogP contribution in [0.5, 0.6) is 0 Å². The summed E-state index contributed by atoms with van der Waals surface area (Å²) in [5.74, 6) is 0. The number of hydrazone groups is 1. The highest BCUT2D eigenvalue weighted by molar-refractivity contribution is 7.80. The van der Waals surface area contributed by atoms with Gasteiger partial charge >= 0.3 is 6.18 Å². The van der Waals surface area contributed by atoms with Crippen molar-refractivity contribution >= 4 is 52.2 Å². The van der Waals surface area contributed by atoms with Crippen LogP contribution >= 0.6 is 35.2 Å². The molecule has 3 nitrogen and oxygen atoms in total. The van der Waals surface area contributed by atoms with Gasteiger partial charge in [-0.25, -0.2) is 0 Å². The summed E-state index contributed by atoms with van der Waals surface area (Å²) in [6, 6.07) is 6.67. The number of benzene rings is 1. The maximum Gasteiger partial charge on any atom is 0.416 e. The van der Waals surface area contributed by atoms with Gasteiger partial charge in [-0.1, -0.05) is 17.7 Å². The number of hydrogen-bond donors (Lipinski definition) is 2. The van der Waals surface area contributed by atoms with Gasteiger partial charge in [0.05, 0.1) is 22.5 Å². The number of halogens is 4. The number of nitrogens with zero attached hydrogens (tertiary/aromatic N) is 1. The summed E-state index contributed by atoms with van der Waals surface area (Å²) in [6.45, 7) is 0. The molecule has 0 fully saturated rings. The van der Waals surface area contributed by atoms with E-state index in [9.17, 15) is 13.2 Å². The number of rotatable bonds is 3. The monoisotopic (exact) mass is 363 g/mol. The number of thiophene rings is 1. The molecule has 0 atom stereocenters. The number of alkyl halides is 3. The molecule has 0 aliphatic heterocycles. The third-order valence-electron chi connectivity index (χ3n) is 2.44. The third kappa shape index (κ3) is 4.69. The summed E-state index contributed by atoms with van der Waals surface area (Å²) >= 11 is 12.3. The minimum Gasteiger partial charge on any atom is -0.330 e. The van der Waals surface area contributed by atoms with Gasteiger partial charge in [-0.2, -0.15) is 18.3 Å². The quantitative estimate of drug-likeness (QED) is 0.470. The molecule has 0 radical (unpaired) electrons. The Bertz CT molecular complexity index is 684. The molecule has 0 aliphatic carbocycles. The highest BCUT2D eigenvalue weighted by atomic mass is 35.5. The highest BCUT2D eigenvalue weighted by Crippen LogP contribution is 2.33. The third-order valence-corrected chi connectivity index (χ3v) is 3.77. The van der Waals surface area contributed by atoms with Crippen molar-refractivity contribution in [1.82, 2.24) is 5.43 Å². The molecule has 0 bridgehead atoms. The maximum absolute atomic E-state index is 12.7. The van der Waals surface area contributed by atoms with E-state index >= 15 is 0 Å². The van der Waals surface area contributed by atoms with Crippen LogP contribution in [0.4, 0.5) is 18.9 Å². The Labute approximate surface area is 138 Å². The second-order valence-electron chi connectivity index (χ2n) is 4.03. The molecule has 9 heteroatoms. The van der Waals surface area contributed by atoms with Gasteiger partial charge < -0.3 is 5.32 Å². The van der Waals surface area contributed by atoms with Crippen LogP contribution in [-0.2, 0) is 6.18 Å². The van der Waals surface area contributed by atoms with Gasteiger partial charge in [0, 0.05) is 4.88 Å². The summed E-state index contributed by atoms with van der Waals surface area (Å²) in [5, 5.41) is 8.51. The van der Waals surface area contributed by atoms with Gasteiger partial charge in [0.1, 0.15) is 0 Å². The average Bonchev–Trinajstić information content (AvgIpc) is 2.93. The first-order chi connectivity index (χ1) is 10.4. The first-order valence-electron chi connectivity index (χ1n) is 5.86. The summed E-state index contributed by atoms with van der Waals surface area (Å²) in [4.78, 5) is 0.910. The first-order valence-corrected chi connectivity index (χ1v) is 7.53. The highest BCUT2D eigenvalue weighted by Gasteiger charge is 2.31. The van der Waals surface area contributed by atoms with Crippen molar-refractivity contribution in [2.45, 2.75) is 6.18 Å². The SMILES string of the molecule is FC(F)(F)c1ccc(Cl)c(NC(=S)N/N=C\c2cccs2)c1. The second-order valence-corrected chi connectivity index (χ2v) is 5.83. The zero-order chi connectivity index (χ0) is 16.2. The van der Waals surface area contributed by atoms with Crippen LogP contribution in [0.15, 0.2) is 40.8 Å². The van der Waals surface area contributed by atoms with Crippen LogP contribution in [0, 0.1) is 0 Å². The predicted molar refractivity (Wildman–Crippen MR) is 87.7 cm³/mol. The van der Waals surface area contributed by atoms with Gasteiger partial charge in [-0.15, -0.1) is 11.3 Å². The summed E-state index contributed by atoms with van der Waals surface area (Å²) in [6.07, 6.45) is -2.90. The molecule has 2 aromatic rings. The molecule has 1 heterocycles.